The minimum Gasteiger partial charge on any atom is -0.350 e. The summed E-state index contributed by atoms with van der Waals surface area (Å²) in [5.74, 6) is 0.394. The second-order valence-corrected chi connectivity index (χ2v) is 6.85. The zero-order chi connectivity index (χ0) is 17.8. The number of halogens is 1. The van der Waals surface area contributed by atoms with E-state index >= 15 is 0 Å². The van der Waals surface area contributed by atoms with Crippen molar-refractivity contribution < 1.29 is 4.79 Å². The van der Waals surface area contributed by atoms with Gasteiger partial charge in [-0.3, -0.25) is 14.8 Å². The highest BCUT2D eigenvalue weighted by molar-refractivity contribution is 6.31. The number of aromatic amines is 1. The summed E-state index contributed by atoms with van der Waals surface area (Å²) in [7, 11) is 0. The van der Waals surface area contributed by atoms with Crippen LogP contribution in [0.25, 0.3) is 0 Å². The number of likely N-dealkylation sites (N-methyl/N-ethyl adjacent to an activating group) is 1. The van der Waals surface area contributed by atoms with Crippen LogP contribution in [-0.2, 0) is 0 Å². The lowest BCUT2D eigenvalue weighted by atomic mass is 10.0. The van der Waals surface area contributed by atoms with Gasteiger partial charge >= 0.3 is 0 Å². The Labute approximate surface area is 153 Å². The summed E-state index contributed by atoms with van der Waals surface area (Å²) in [6, 6.07) is 7.89. The first-order valence-corrected chi connectivity index (χ1v) is 9.33. The SMILES string of the molecule is CCN(CC)C(CNC(=O)c1cn[nH]c1C1CC1)c1ccccc1Cl. The molecule has 6 heteroatoms. The number of amides is 1. The molecule has 1 atom stereocenters. The molecule has 1 aliphatic carbocycles. The predicted octanol–water partition coefficient (Wildman–Crippen LogP) is 3.75. The van der Waals surface area contributed by atoms with Crippen LogP contribution in [0.5, 0.6) is 0 Å². The van der Waals surface area contributed by atoms with Gasteiger partial charge in [-0.05, 0) is 37.6 Å². The van der Waals surface area contributed by atoms with E-state index in [0.29, 0.717) is 18.0 Å². The third-order valence-electron chi connectivity index (χ3n) is 4.87. The van der Waals surface area contributed by atoms with Gasteiger partial charge in [0.15, 0.2) is 0 Å². The van der Waals surface area contributed by atoms with Crippen molar-refractivity contribution in [3.63, 3.8) is 0 Å². The van der Waals surface area contributed by atoms with E-state index < -0.39 is 0 Å². The van der Waals surface area contributed by atoms with Crippen LogP contribution in [0.15, 0.2) is 30.5 Å². The summed E-state index contributed by atoms with van der Waals surface area (Å²) in [6.45, 7) is 6.54. The van der Waals surface area contributed by atoms with Crippen molar-refractivity contribution in [1.29, 1.82) is 0 Å². The van der Waals surface area contributed by atoms with Gasteiger partial charge in [0.05, 0.1) is 23.5 Å². The summed E-state index contributed by atoms with van der Waals surface area (Å²) >= 11 is 6.41. The third kappa shape index (κ3) is 4.05. The van der Waals surface area contributed by atoms with Crippen molar-refractivity contribution in [3.8, 4) is 0 Å². The van der Waals surface area contributed by atoms with E-state index in [4.69, 9.17) is 11.6 Å². The molecule has 1 fully saturated rings. The number of aromatic nitrogens is 2. The van der Waals surface area contributed by atoms with Crippen LogP contribution in [0.1, 0.15) is 60.3 Å². The Morgan fingerprint density at radius 3 is 2.72 bits per heavy atom. The summed E-state index contributed by atoms with van der Waals surface area (Å²) < 4.78 is 0. The molecule has 0 aliphatic heterocycles. The fourth-order valence-corrected chi connectivity index (χ4v) is 3.55. The molecule has 2 N–H and O–H groups in total. The van der Waals surface area contributed by atoms with Crippen LogP contribution in [0.3, 0.4) is 0 Å². The first-order valence-electron chi connectivity index (χ1n) is 8.95. The van der Waals surface area contributed by atoms with E-state index in [-0.39, 0.29) is 11.9 Å². The van der Waals surface area contributed by atoms with Crippen LogP contribution in [-0.4, -0.2) is 40.6 Å². The molecule has 1 unspecified atom stereocenters. The van der Waals surface area contributed by atoms with Gasteiger partial charge in [-0.15, -0.1) is 0 Å². The maximum absolute atomic E-state index is 12.7. The molecule has 1 aromatic carbocycles. The van der Waals surface area contributed by atoms with E-state index in [2.05, 4.69) is 34.3 Å². The van der Waals surface area contributed by atoms with E-state index in [1.165, 1.54) is 0 Å². The number of benzene rings is 1. The van der Waals surface area contributed by atoms with Gasteiger partial charge in [-0.1, -0.05) is 43.6 Å². The standard InChI is InChI=1S/C19H25ClN4O/c1-3-24(4-2)17(14-7-5-6-8-16(14)20)12-21-19(25)15-11-22-23-18(15)13-9-10-13/h5-8,11,13,17H,3-4,9-10,12H2,1-2H3,(H,21,25)(H,22,23). The van der Waals surface area contributed by atoms with E-state index in [1.54, 1.807) is 6.20 Å². The minimum absolute atomic E-state index is 0.0453. The van der Waals surface area contributed by atoms with E-state index in [0.717, 1.165) is 42.2 Å². The number of nitrogens with zero attached hydrogens (tertiary/aromatic N) is 2. The van der Waals surface area contributed by atoms with Crippen LogP contribution >= 0.6 is 11.6 Å². The number of nitrogens with one attached hydrogen (secondary N) is 2. The molecule has 5 nitrogen and oxygen atoms in total. The fourth-order valence-electron chi connectivity index (χ4n) is 3.29. The molecule has 0 radical (unpaired) electrons. The van der Waals surface area contributed by atoms with Crippen molar-refractivity contribution in [3.05, 3.63) is 52.3 Å². The molecule has 2 aromatic rings. The Morgan fingerprint density at radius 2 is 2.08 bits per heavy atom. The van der Waals surface area contributed by atoms with Gasteiger partial charge in [0.1, 0.15) is 0 Å². The van der Waals surface area contributed by atoms with Gasteiger partial charge in [0, 0.05) is 17.5 Å². The normalized spacial score (nSPS) is 15.4. The fraction of sp³-hybridized carbons (Fsp3) is 0.474. The third-order valence-corrected chi connectivity index (χ3v) is 5.22. The smallest absolute Gasteiger partial charge is 0.254 e. The Bertz CT molecular complexity index is 722. The molecule has 134 valence electrons. The average Bonchev–Trinajstić information content (AvgIpc) is 3.35. The molecule has 0 bridgehead atoms. The highest BCUT2D eigenvalue weighted by atomic mass is 35.5. The number of carbonyl (C=O) groups excluding carboxylic acids is 1. The highest BCUT2D eigenvalue weighted by Gasteiger charge is 2.30. The van der Waals surface area contributed by atoms with Crippen LogP contribution in [0.4, 0.5) is 0 Å². The molecule has 3 rings (SSSR count). The molecule has 25 heavy (non-hydrogen) atoms. The molecule has 1 aromatic heterocycles. The molecule has 1 amide bonds. The van der Waals surface area contributed by atoms with Crippen LogP contribution in [0.2, 0.25) is 5.02 Å². The number of carbonyl (C=O) groups is 1. The van der Waals surface area contributed by atoms with Gasteiger partial charge in [-0.2, -0.15) is 5.10 Å². The molecule has 1 saturated carbocycles. The van der Waals surface area contributed by atoms with Gasteiger partial charge in [-0.25, -0.2) is 0 Å². The quantitative estimate of drug-likeness (QED) is 0.753. The number of hydrogen-bond donors (Lipinski definition) is 2. The van der Waals surface area contributed by atoms with Crippen molar-refractivity contribution in [2.45, 2.75) is 38.6 Å². The lowest BCUT2D eigenvalue weighted by Crippen LogP contribution is -2.38. The number of hydrogen-bond acceptors (Lipinski definition) is 3. The lowest BCUT2D eigenvalue weighted by molar-refractivity contribution is 0.0934. The average molecular weight is 361 g/mol. The maximum Gasteiger partial charge on any atom is 0.254 e. The van der Waals surface area contributed by atoms with E-state index in [9.17, 15) is 4.79 Å². The summed E-state index contributed by atoms with van der Waals surface area (Å²) in [5.41, 5.74) is 2.68. The highest BCUT2D eigenvalue weighted by Crippen LogP contribution is 2.40. The summed E-state index contributed by atoms with van der Waals surface area (Å²) in [6.07, 6.45) is 3.89. The Morgan fingerprint density at radius 1 is 1.36 bits per heavy atom. The predicted molar refractivity (Wildman–Crippen MR) is 100 cm³/mol. The van der Waals surface area contributed by atoms with Gasteiger partial charge in [0.25, 0.3) is 5.91 Å². The van der Waals surface area contributed by atoms with E-state index in [1.807, 2.05) is 24.3 Å². The summed E-state index contributed by atoms with van der Waals surface area (Å²) in [5, 5.41) is 10.8. The first kappa shape index (κ1) is 18.0. The molecule has 0 spiro atoms. The Balaban J connectivity index is 1.75. The lowest BCUT2D eigenvalue weighted by Gasteiger charge is -2.30. The monoisotopic (exact) mass is 360 g/mol. The molecule has 1 aliphatic rings. The topological polar surface area (TPSA) is 61.0 Å². The summed E-state index contributed by atoms with van der Waals surface area (Å²) in [4.78, 5) is 15.0. The van der Waals surface area contributed by atoms with Crippen molar-refractivity contribution in [1.82, 2.24) is 20.4 Å². The van der Waals surface area contributed by atoms with Crippen molar-refractivity contribution in [2.24, 2.45) is 0 Å². The van der Waals surface area contributed by atoms with Crippen molar-refractivity contribution >= 4 is 17.5 Å². The molecular formula is C19H25ClN4O. The maximum atomic E-state index is 12.7. The number of rotatable bonds is 8. The zero-order valence-electron chi connectivity index (χ0n) is 14.8. The van der Waals surface area contributed by atoms with Gasteiger partial charge < -0.3 is 5.32 Å². The van der Waals surface area contributed by atoms with Gasteiger partial charge in [0.2, 0.25) is 0 Å². The Hall–Kier alpha value is -1.85. The molecule has 1 heterocycles. The number of H-pyrrole nitrogens is 1. The second-order valence-electron chi connectivity index (χ2n) is 6.44. The van der Waals surface area contributed by atoms with Crippen LogP contribution in [0, 0.1) is 0 Å². The molecular weight excluding hydrogens is 336 g/mol. The minimum atomic E-state index is -0.0696. The zero-order valence-corrected chi connectivity index (χ0v) is 15.5. The first-order chi connectivity index (χ1) is 12.2. The second kappa shape index (κ2) is 8.02. The molecule has 0 saturated heterocycles. The Kier molecular flexibility index (Phi) is 5.76. The largest absolute Gasteiger partial charge is 0.350 e. The van der Waals surface area contributed by atoms with Crippen molar-refractivity contribution in [2.75, 3.05) is 19.6 Å². The van der Waals surface area contributed by atoms with Crippen LogP contribution < -0.4 is 5.32 Å².